The Labute approximate surface area is 117 Å². The predicted molar refractivity (Wildman–Crippen MR) is 77.5 cm³/mol. The van der Waals surface area contributed by atoms with E-state index in [1.165, 1.54) is 0 Å². The van der Waals surface area contributed by atoms with E-state index in [0.717, 1.165) is 18.4 Å². The molecule has 0 unspecified atom stereocenters. The highest BCUT2D eigenvalue weighted by Gasteiger charge is 2.14. The summed E-state index contributed by atoms with van der Waals surface area (Å²) in [6.07, 6.45) is 8.46. The molecular formula is C16H16N2O2. The number of hydrogen-bond acceptors (Lipinski definition) is 3. The number of aryl methyl sites for hydroxylation is 1. The molecule has 1 aromatic carbocycles. The summed E-state index contributed by atoms with van der Waals surface area (Å²) in [5.41, 5.74) is 2.97. The van der Waals surface area contributed by atoms with Crippen molar-refractivity contribution in [3.05, 3.63) is 53.5 Å². The minimum absolute atomic E-state index is 0.122. The van der Waals surface area contributed by atoms with Gasteiger partial charge in [0.05, 0.1) is 5.56 Å². The molecule has 4 nitrogen and oxygen atoms in total. The van der Waals surface area contributed by atoms with E-state index in [4.69, 9.17) is 4.42 Å². The molecule has 0 fully saturated rings. The third kappa shape index (κ3) is 2.50. The average Bonchev–Trinajstić information content (AvgIpc) is 2.85. The van der Waals surface area contributed by atoms with Crippen molar-refractivity contribution in [2.24, 2.45) is 0 Å². The van der Waals surface area contributed by atoms with Gasteiger partial charge in [-0.1, -0.05) is 24.3 Å². The first-order valence-corrected chi connectivity index (χ1v) is 6.74. The molecule has 0 atom stereocenters. The standard InChI is InChI=1S/C16H16N2O2/c1-11-18-15-13(8-5-9-14(15)20-11)16(19)17-10-12-6-3-2-4-7-12/h3,5-9H,2,4,10H2,1H3,(H,17,19). The van der Waals surface area contributed by atoms with E-state index in [-0.39, 0.29) is 5.91 Å². The Morgan fingerprint density at radius 3 is 3.10 bits per heavy atom. The zero-order valence-electron chi connectivity index (χ0n) is 11.3. The fourth-order valence-electron chi connectivity index (χ4n) is 2.32. The largest absolute Gasteiger partial charge is 0.441 e. The van der Waals surface area contributed by atoms with Crippen molar-refractivity contribution in [1.82, 2.24) is 10.3 Å². The minimum Gasteiger partial charge on any atom is -0.441 e. The van der Waals surface area contributed by atoms with E-state index in [9.17, 15) is 4.79 Å². The van der Waals surface area contributed by atoms with Crippen LogP contribution in [0.2, 0.25) is 0 Å². The van der Waals surface area contributed by atoms with E-state index in [1.54, 1.807) is 13.0 Å². The third-order valence-electron chi connectivity index (χ3n) is 3.30. The van der Waals surface area contributed by atoms with Gasteiger partial charge in [-0.15, -0.1) is 0 Å². The smallest absolute Gasteiger partial charge is 0.253 e. The highest BCUT2D eigenvalue weighted by atomic mass is 16.3. The van der Waals surface area contributed by atoms with E-state index in [1.807, 2.05) is 12.1 Å². The number of allylic oxidation sites excluding steroid dienone is 2. The first kappa shape index (κ1) is 12.7. The number of rotatable bonds is 3. The van der Waals surface area contributed by atoms with Gasteiger partial charge < -0.3 is 9.73 Å². The number of benzene rings is 1. The Kier molecular flexibility index (Phi) is 3.37. The summed E-state index contributed by atoms with van der Waals surface area (Å²) in [6, 6.07) is 5.39. The van der Waals surface area contributed by atoms with Crippen LogP contribution in [-0.2, 0) is 0 Å². The van der Waals surface area contributed by atoms with Crippen LogP contribution in [0.4, 0.5) is 0 Å². The maximum Gasteiger partial charge on any atom is 0.253 e. The van der Waals surface area contributed by atoms with Crippen LogP contribution in [0, 0.1) is 6.92 Å². The monoisotopic (exact) mass is 268 g/mol. The Morgan fingerprint density at radius 1 is 1.40 bits per heavy atom. The zero-order valence-corrected chi connectivity index (χ0v) is 11.3. The molecule has 102 valence electrons. The van der Waals surface area contributed by atoms with Crippen molar-refractivity contribution in [3.8, 4) is 0 Å². The number of nitrogens with one attached hydrogen (secondary N) is 1. The quantitative estimate of drug-likeness (QED) is 0.930. The molecule has 2 aromatic rings. The van der Waals surface area contributed by atoms with Crippen LogP contribution in [-0.4, -0.2) is 17.4 Å². The second-order valence-corrected chi connectivity index (χ2v) is 4.83. The summed E-state index contributed by atoms with van der Waals surface area (Å²) in [5, 5.41) is 2.93. The Hall–Kier alpha value is -2.36. The summed E-state index contributed by atoms with van der Waals surface area (Å²) in [5.74, 6) is 0.446. The van der Waals surface area contributed by atoms with Crippen LogP contribution in [0.25, 0.3) is 11.1 Å². The molecule has 1 N–H and O–H groups in total. The van der Waals surface area contributed by atoms with E-state index >= 15 is 0 Å². The maximum atomic E-state index is 12.3. The molecular weight excluding hydrogens is 252 g/mol. The molecule has 4 heteroatoms. The Morgan fingerprint density at radius 2 is 2.30 bits per heavy atom. The second-order valence-electron chi connectivity index (χ2n) is 4.83. The lowest BCUT2D eigenvalue weighted by molar-refractivity contribution is 0.0958. The number of oxazole rings is 1. The molecule has 1 amide bonds. The number of hydrogen-bond donors (Lipinski definition) is 1. The van der Waals surface area contributed by atoms with Crippen molar-refractivity contribution in [3.63, 3.8) is 0 Å². The van der Waals surface area contributed by atoms with Crippen LogP contribution >= 0.6 is 0 Å². The van der Waals surface area contributed by atoms with E-state index in [2.05, 4.69) is 28.5 Å². The van der Waals surface area contributed by atoms with Crippen LogP contribution in [0.3, 0.4) is 0 Å². The van der Waals surface area contributed by atoms with Crippen LogP contribution < -0.4 is 5.32 Å². The number of nitrogens with zero attached hydrogens (tertiary/aromatic N) is 1. The Balaban J connectivity index is 1.78. The highest BCUT2D eigenvalue weighted by Crippen LogP contribution is 2.19. The fraction of sp³-hybridized carbons (Fsp3) is 0.250. The predicted octanol–water partition coefficient (Wildman–Crippen LogP) is 3.14. The average molecular weight is 268 g/mol. The SMILES string of the molecule is Cc1nc2c(C(=O)NCC3=CCCC=C3)cccc2o1. The van der Waals surface area contributed by atoms with Crippen LogP contribution in [0.1, 0.15) is 29.1 Å². The molecule has 0 aliphatic heterocycles. The number of carbonyl (C=O) groups excluding carboxylic acids is 1. The Bertz CT molecular complexity index is 710. The van der Waals surface area contributed by atoms with Gasteiger partial charge in [-0.25, -0.2) is 4.98 Å². The van der Waals surface area contributed by atoms with Crippen LogP contribution in [0.5, 0.6) is 0 Å². The van der Waals surface area contributed by atoms with Gasteiger partial charge in [0, 0.05) is 13.5 Å². The van der Waals surface area contributed by atoms with Crippen LogP contribution in [0.15, 0.2) is 46.4 Å². The van der Waals surface area contributed by atoms with Gasteiger partial charge in [-0.05, 0) is 30.5 Å². The second kappa shape index (κ2) is 5.33. The van der Waals surface area contributed by atoms with Gasteiger partial charge in [0.15, 0.2) is 11.5 Å². The molecule has 0 spiro atoms. The molecule has 1 heterocycles. The van der Waals surface area contributed by atoms with Gasteiger partial charge >= 0.3 is 0 Å². The summed E-state index contributed by atoms with van der Waals surface area (Å²) in [6.45, 7) is 2.32. The summed E-state index contributed by atoms with van der Waals surface area (Å²) in [4.78, 5) is 16.5. The van der Waals surface area contributed by atoms with Crippen molar-refractivity contribution >= 4 is 17.0 Å². The zero-order chi connectivity index (χ0) is 13.9. The van der Waals surface area contributed by atoms with Gasteiger partial charge in [-0.3, -0.25) is 4.79 Å². The minimum atomic E-state index is -0.122. The molecule has 1 aromatic heterocycles. The number of para-hydroxylation sites is 1. The lowest BCUT2D eigenvalue weighted by Gasteiger charge is -2.09. The van der Waals surface area contributed by atoms with E-state index in [0.29, 0.717) is 29.1 Å². The number of amides is 1. The van der Waals surface area contributed by atoms with Crippen molar-refractivity contribution in [1.29, 1.82) is 0 Å². The highest BCUT2D eigenvalue weighted by molar-refractivity contribution is 6.04. The van der Waals surface area contributed by atoms with E-state index < -0.39 is 0 Å². The maximum absolute atomic E-state index is 12.3. The van der Waals surface area contributed by atoms with Crippen molar-refractivity contribution in [2.45, 2.75) is 19.8 Å². The number of aromatic nitrogens is 1. The molecule has 0 saturated carbocycles. The number of carbonyl (C=O) groups is 1. The van der Waals surface area contributed by atoms with Gasteiger partial charge in [0.1, 0.15) is 5.52 Å². The van der Waals surface area contributed by atoms with Gasteiger partial charge in [0.2, 0.25) is 0 Å². The lowest BCUT2D eigenvalue weighted by Crippen LogP contribution is -2.25. The summed E-state index contributed by atoms with van der Waals surface area (Å²) < 4.78 is 5.44. The number of fused-ring (bicyclic) bond motifs is 1. The lowest BCUT2D eigenvalue weighted by atomic mass is 10.1. The molecule has 0 bridgehead atoms. The molecule has 3 rings (SSSR count). The summed E-state index contributed by atoms with van der Waals surface area (Å²) >= 11 is 0. The fourth-order valence-corrected chi connectivity index (χ4v) is 2.32. The molecule has 0 radical (unpaired) electrons. The third-order valence-corrected chi connectivity index (χ3v) is 3.30. The normalized spacial score (nSPS) is 14.3. The first-order chi connectivity index (χ1) is 9.74. The molecule has 1 aliphatic carbocycles. The van der Waals surface area contributed by atoms with Gasteiger partial charge in [0.25, 0.3) is 5.91 Å². The molecule has 20 heavy (non-hydrogen) atoms. The topological polar surface area (TPSA) is 55.1 Å². The van der Waals surface area contributed by atoms with Crippen molar-refractivity contribution < 1.29 is 9.21 Å². The molecule has 1 aliphatic rings. The molecule has 0 saturated heterocycles. The summed E-state index contributed by atoms with van der Waals surface area (Å²) in [7, 11) is 0. The first-order valence-electron chi connectivity index (χ1n) is 6.74. The van der Waals surface area contributed by atoms with Crippen molar-refractivity contribution in [2.75, 3.05) is 6.54 Å². The van der Waals surface area contributed by atoms with Gasteiger partial charge in [-0.2, -0.15) is 0 Å².